The number of sulfonamides is 1. The first-order chi connectivity index (χ1) is 17.3. The molecule has 7 nitrogen and oxygen atoms in total. The van der Waals surface area contributed by atoms with Gasteiger partial charge in [0.15, 0.2) is 6.10 Å². The first-order valence-electron chi connectivity index (χ1n) is 12.4. The number of para-hydroxylation sites is 1. The van der Waals surface area contributed by atoms with Crippen molar-refractivity contribution >= 4 is 33.7 Å². The number of nitrogens with one attached hydrogen (secondary N) is 1. The van der Waals surface area contributed by atoms with Crippen molar-refractivity contribution in [1.29, 1.82) is 0 Å². The van der Waals surface area contributed by atoms with Crippen molar-refractivity contribution in [2.75, 3.05) is 17.4 Å². The third kappa shape index (κ3) is 6.23. The molecule has 4 rings (SSSR count). The zero-order valence-electron chi connectivity index (χ0n) is 20.5. The van der Waals surface area contributed by atoms with Crippen LogP contribution >= 0.6 is 0 Å². The number of ether oxygens (including phenoxy) is 1. The number of nitrogens with zero attached hydrogens (tertiary/aromatic N) is 1. The van der Waals surface area contributed by atoms with Crippen LogP contribution in [0, 0.1) is 0 Å². The molecule has 2 aromatic rings. The summed E-state index contributed by atoms with van der Waals surface area (Å²) in [5.41, 5.74) is 3.75. The van der Waals surface area contributed by atoms with Crippen molar-refractivity contribution in [3.05, 3.63) is 77.4 Å². The highest BCUT2D eigenvalue weighted by Crippen LogP contribution is 2.32. The lowest BCUT2D eigenvalue weighted by molar-refractivity contribution is -0.150. The van der Waals surface area contributed by atoms with Crippen LogP contribution in [0.4, 0.5) is 5.69 Å². The highest BCUT2D eigenvalue weighted by atomic mass is 32.2. The molecule has 1 atom stereocenters. The molecular weight excluding hydrogens is 476 g/mol. The third-order valence-electron chi connectivity index (χ3n) is 6.52. The van der Waals surface area contributed by atoms with Crippen molar-refractivity contribution in [2.24, 2.45) is 0 Å². The zero-order valence-corrected chi connectivity index (χ0v) is 21.3. The average molecular weight is 509 g/mol. The molecule has 0 aromatic heterocycles. The normalized spacial score (nSPS) is 16.4. The molecule has 1 N–H and O–H groups in total. The van der Waals surface area contributed by atoms with Gasteiger partial charge in [-0.3, -0.25) is 9.10 Å². The van der Waals surface area contributed by atoms with Crippen LogP contribution in [0.15, 0.2) is 71.2 Å². The number of hydrogen-bond acceptors (Lipinski definition) is 5. The molecule has 0 bridgehead atoms. The summed E-state index contributed by atoms with van der Waals surface area (Å²) in [5.74, 6) is -0.968. The predicted octanol–water partition coefficient (Wildman–Crippen LogP) is 4.39. The Morgan fingerprint density at radius 3 is 2.61 bits per heavy atom. The van der Waals surface area contributed by atoms with Crippen LogP contribution in [-0.2, 0) is 30.8 Å². The van der Waals surface area contributed by atoms with Crippen molar-refractivity contribution < 1.29 is 22.7 Å². The van der Waals surface area contributed by atoms with Crippen molar-refractivity contribution in [3.63, 3.8) is 0 Å². The van der Waals surface area contributed by atoms with E-state index in [1.165, 1.54) is 53.9 Å². The van der Waals surface area contributed by atoms with Gasteiger partial charge in [0.05, 0.1) is 10.6 Å². The molecule has 0 radical (unpaired) electrons. The van der Waals surface area contributed by atoms with Crippen LogP contribution in [-0.4, -0.2) is 39.5 Å². The molecule has 1 heterocycles. The fourth-order valence-corrected chi connectivity index (χ4v) is 5.99. The second-order valence-electron chi connectivity index (χ2n) is 9.09. The van der Waals surface area contributed by atoms with E-state index in [0.29, 0.717) is 30.8 Å². The van der Waals surface area contributed by atoms with E-state index in [2.05, 4.69) is 11.4 Å². The second kappa shape index (κ2) is 11.6. The van der Waals surface area contributed by atoms with E-state index >= 15 is 0 Å². The van der Waals surface area contributed by atoms with E-state index < -0.39 is 22.1 Å². The molecule has 2 aromatic carbocycles. The standard InChI is InChI=1S/C28H32N2O5S/c1-21(28(32)29-19-17-22-7-3-2-4-8-22)35-27(31)16-13-23-11-14-25(15-12-23)36(33,34)30-20-18-24-9-5-6-10-26(24)30/h5-7,9-16,21H,2-4,8,17-20H2,1H3,(H,29,32)/b16-13+. The Labute approximate surface area is 212 Å². The Balaban J connectivity index is 1.28. The number of fused-ring (bicyclic) bond motifs is 1. The first-order valence-corrected chi connectivity index (χ1v) is 13.8. The second-order valence-corrected chi connectivity index (χ2v) is 10.9. The van der Waals surface area contributed by atoms with Crippen LogP contribution in [0.25, 0.3) is 6.08 Å². The van der Waals surface area contributed by atoms with Crippen LogP contribution in [0.3, 0.4) is 0 Å². The van der Waals surface area contributed by atoms with Crippen LogP contribution in [0.5, 0.6) is 0 Å². The highest BCUT2D eigenvalue weighted by molar-refractivity contribution is 7.92. The number of allylic oxidation sites excluding steroid dienone is 1. The molecule has 0 fully saturated rings. The summed E-state index contributed by atoms with van der Waals surface area (Å²) in [6.45, 7) is 2.48. The first kappa shape index (κ1) is 25.7. The molecule has 2 aliphatic rings. The van der Waals surface area contributed by atoms with Gasteiger partial charge in [-0.05, 0) is 80.9 Å². The monoisotopic (exact) mass is 508 g/mol. The molecule has 36 heavy (non-hydrogen) atoms. The van der Waals surface area contributed by atoms with E-state index in [9.17, 15) is 18.0 Å². The predicted molar refractivity (Wildman–Crippen MR) is 140 cm³/mol. The van der Waals surface area contributed by atoms with Crippen molar-refractivity contribution in [1.82, 2.24) is 5.32 Å². The SMILES string of the molecule is CC(OC(=O)/C=C/c1ccc(S(=O)(=O)N2CCc3ccccc32)cc1)C(=O)NCCC1=CCCCC1. The lowest BCUT2D eigenvalue weighted by atomic mass is 9.97. The molecular formula is C28H32N2O5S. The number of rotatable bonds is 9. The Morgan fingerprint density at radius 1 is 1.08 bits per heavy atom. The van der Waals surface area contributed by atoms with Gasteiger partial charge in [-0.25, -0.2) is 13.2 Å². The maximum absolute atomic E-state index is 13.1. The van der Waals surface area contributed by atoms with Crippen molar-refractivity contribution in [3.8, 4) is 0 Å². The summed E-state index contributed by atoms with van der Waals surface area (Å²) in [6.07, 6.45) is 10.2. The number of amides is 1. The summed E-state index contributed by atoms with van der Waals surface area (Å²) < 4.78 is 32.9. The third-order valence-corrected chi connectivity index (χ3v) is 8.34. The Morgan fingerprint density at radius 2 is 1.86 bits per heavy atom. The minimum Gasteiger partial charge on any atom is -0.449 e. The lowest BCUT2D eigenvalue weighted by Gasteiger charge is -2.19. The molecule has 0 spiro atoms. The highest BCUT2D eigenvalue weighted by Gasteiger charge is 2.30. The van der Waals surface area contributed by atoms with Crippen LogP contribution in [0.2, 0.25) is 0 Å². The summed E-state index contributed by atoms with van der Waals surface area (Å²) in [5, 5.41) is 2.82. The Hall–Kier alpha value is -3.39. The number of anilines is 1. The quantitative estimate of drug-likeness (QED) is 0.308. The Kier molecular flexibility index (Phi) is 8.25. The molecule has 1 aliphatic carbocycles. The van der Waals surface area contributed by atoms with Gasteiger partial charge in [-0.2, -0.15) is 0 Å². The number of hydrogen-bond donors (Lipinski definition) is 1. The fraction of sp³-hybridized carbons (Fsp3) is 0.357. The fourth-order valence-electron chi connectivity index (χ4n) is 4.49. The maximum Gasteiger partial charge on any atom is 0.331 e. The Bertz CT molecular complexity index is 1270. The summed E-state index contributed by atoms with van der Waals surface area (Å²) in [7, 11) is -3.67. The van der Waals surface area contributed by atoms with Gasteiger partial charge in [-0.15, -0.1) is 0 Å². The molecule has 0 saturated carbocycles. The smallest absolute Gasteiger partial charge is 0.331 e. The van der Waals surface area contributed by atoms with Crippen LogP contribution in [0.1, 0.15) is 50.2 Å². The van der Waals surface area contributed by atoms with Crippen molar-refractivity contribution in [2.45, 2.75) is 56.4 Å². The molecule has 190 valence electrons. The van der Waals surface area contributed by atoms with Gasteiger partial charge in [0.25, 0.3) is 15.9 Å². The van der Waals surface area contributed by atoms with E-state index in [4.69, 9.17) is 4.74 Å². The molecule has 8 heteroatoms. The number of esters is 1. The zero-order chi connectivity index (χ0) is 25.5. The molecule has 1 unspecified atom stereocenters. The topological polar surface area (TPSA) is 92.8 Å². The van der Waals surface area contributed by atoms with Gasteiger partial charge in [0.2, 0.25) is 0 Å². The maximum atomic E-state index is 13.1. The lowest BCUT2D eigenvalue weighted by Crippen LogP contribution is -2.36. The number of benzene rings is 2. The molecule has 0 saturated heterocycles. The largest absolute Gasteiger partial charge is 0.449 e. The number of carbonyl (C=O) groups is 2. The van der Waals surface area contributed by atoms with Crippen LogP contribution < -0.4 is 9.62 Å². The van der Waals surface area contributed by atoms with Gasteiger partial charge < -0.3 is 10.1 Å². The summed E-state index contributed by atoms with van der Waals surface area (Å²) >= 11 is 0. The van der Waals surface area contributed by atoms with Gasteiger partial charge >= 0.3 is 5.97 Å². The minimum absolute atomic E-state index is 0.188. The van der Waals surface area contributed by atoms with E-state index in [-0.39, 0.29) is 10.8 Å². The van der Waals surface area contributed by atoms with Gasteiger partial charge in [-0.1, -0.05) is 42.0 Å². The van der Waals surface area contributed by atoms with E-state index in [0.717, 1.165) is 24.8 Å². The molecule has 1 amide bonds. The number of carbonyl (C=O) groups excluding carboxylic acids is 2. The molecule has 1 aliphatic heterocycles. The summed E-state index contributed by atoms with van der Waals surface area (Å²) in [4.78, 5) is 24.6. The average Bonchev–Trinajstić information content (AvgIpc) is 3.33. The van der Waals surface area contributed by atoms with E-state index in [1.807, 2.05) is 24.3 Å². The van der Waals surface area contributed by atoms with Gasteiger partial charge in [0, 0.05) is 19.2 Å². The minimum atomic E-state index is -3.67. The van der Waals surface area contributed by atoms with E-state index in [1.54, 1.807) is 12.1 Å². The van der Waals surface area contributed by atoms with Gasteiger partial charge in [0.1, 0.15) is 0 Å². The summed E-state index contributed by atoms with van der Waals surface area (Å²) in [6, 6.07) is 13.8.